The van der Waals surface area contributed by atoms with Crippen LogP contribution in [0.4, 0.5) is 10.1 Å². The molecule has 0 amide bonds. The Morgan fingerprint density at radius 1 is 1.30 bits per heavy atom. The molecule has 0 spiro atoms. The lowest BCUT2D eigenvalue weighted by Crippen LogP contribution is -2.35. The number of halogens is 2. The zero-order valence-corrected chi connectivity index (χ0v) is 13.3. The van der Waals surface area contributed by atoms with Crippen LogP contribution >= 0.6 is 15.9 Å². The van der Waals surface area contributed by atoms with Gasteiger partial charge in [0.05, 0.1) is 4.47 Å². The molecule has 0 aromatic heterocycles. The van der Waals surface area contributed by atoms with Crippen molar-refractivity contribution < 1.29 is 12.8 Å². The van der Waals surface area contributed by atoms with Crippen LogP contribution in [0.25, 0.3) is 0 Å². The van der Waals surface area contributed by atoms with Crippen LogP contribution in [0.3, 0.4) is 0 Å². The SMILES string of the molecule is Nc1cc(Br)c(F)c(S(=O)(=O)N(CC2CC2)C2CC2)c1. The maximum Gasteiger partial charge on any atom is 0.246 e. The summed E-state index contributed by atoms with van der Waals surface area (Å²) in [5, 5.41) is 0. The first-order chi connectivity index (χ1) is 9.39. The monoisotopic (exact) mass is 362 g/mol. The fraction of sp³-hybridized carbons (Fsp3) is 0.538. The van der Waals surface area contributed by atoms with Crippen LogP contribution in [-0.2, 0) is 10.0 Å². The third-order valence-corrected chi connectivity index (χ3v) is 6.19. The molecule has 1 aromatic rings. The van der Waals surface area contributed by atoms with Gasteiger partial charge in [-0.1, -0.05) is 0 Å². The average molecular weight is 363 g/mol. The summed E-state index contributed by atoms with van der Waals surface area (Å²) in [5.41, 5.74) is 5.89. The largest absolute Gasteiger partial charge is 0.399 e. The second-order valence-electron chi connectivity index (χ2n) is 5.56. The summed E-state index contributed by atoms with van der Waals surface area (Å²) >= 11 is 3.02. The standard InChI is InChI=1S/C13H16BrFN2O2S/c14-11-5-9(16)6-12(13(11)15)20(18,19)17(10-3-4-10)7-8-1-2-8/h5-6,8,10H,1-4,7,16H2. The predicted octanol–water partition coefficient (Wildman–Crippen LogP) is 2.73. The number of rotatable bonds is 5. The first kappa shape index (κ1) is 14.3. The third-order valence-electron chi connectivity index (χ3n) is 3.69. The second-order valence-corrected chi connectivity index (χ2v) is 8.28. The Hall–Kier alpha value is -0.660. The molecular weight excluding hydrogens is 347 g/mol. The molecule has 1 aromatic carbocycles. The minimum atomic E-state index is -3.82. The van der Waals surface area contributed by atoms with Gasteiger partial charge in [-0.05, 0) is 59.7 Å². The van der Waals surface area contributed by atoms with Gasteiger partial charge in [-0.3, -0.25) is 0 Å². The van der Waals surface area contributed by atoms with Gasteiger partial charge in [0.25, 0.3) is 0 Å². The number of hydrogen-bond donors (Lipinski definition) is 1. The molecule has 4 nitrogen and oxygen atoms in total. The van der Waals surface area contributed by atoms with Crippen LogP contribution in [0.2, 0.25) is 0 Å². The van der Waals surface area contributed by atoms with Crippen LogP contribution < -0.4 is 5.73 Å². The molecule has 110 valence electrons. The number of nitrogen functional groups attached to an aromatic ring is 1. The summed E-state index contributed by atoms with van der Waals surface area (Å²) in [4.78, 5) is -0.322. The highest BCUT2D eigenvalue weighted by Crippen LogP contribution is 2.39. The topological polar surface area (TPSA) is 63.4 Å². The van der Waals surface area contributed by atoms with Gasteiger partial charge in [0, 0.05) is 18.3 Å². The van der Waals surface area contributed by atoms with Crippen LogP contribution in [0.15, 0.2) is 21.5 Å². The van der Waals surface area contributed by atoms with Crippen molar-refractivity contribution in [2.75, 3.05) is 12.3 Å². The Morgan fingerprint density at radius 2 is 1.95 bits per heavy atom. The van der Waals surface area contributed by atoms with Crippen LogP contribution in [0, 0.1) is 11.7 Å². The molecule has 0 aliphatic heterocycles. The van der Waals surface area contributed by atoms with Gasteiger partial charge in [0.1, 0.15) is 4.90 Å². The number of sulfonamides is 1. The molecule has 0 unspecified atom stereocenters. The molecule has 0 heterocycles. The Morgan fingerprint density at radius 3 is 2.50 bits per heavy atom. The van der Waals surface area contributed by atoms with Gasteiger partial charge >= 0.3 is 0 Å². The molecule has 2 saturated carbocycles. The predicted molar refractivity (Wildman–Crippen MR) is 78.2 cm³/mol. The molecule has 0 bridgehead atoms. The van der Waals surface area contributed by atoms with E-state index >= 15 is 0 Å². The number of nitrogens with zero attached hydrogens (tertiary/aromatic N) is 1. The highest BCUT2D eigenvalue weighted by Gasteiger charge is 2.42. The van der Waals surface area contributed by atoms with E-state index in [0.717, 1.165) is 25.7 Å². The molecule has 2 N–H and O–H groups in total. The zero-order chi connectivity index (χ0) is 14.5. The lowest BCUT2D eigenvalue weighted by atomic mass is 10.3. The Bertz CT molecular complexity index is 642. The van der Waals surface area contributed by atoms with Crippen LogP contribution in [0.5, 0.6) is 0 Å². The molecule has 0 atom stereocenters. The summed E-state index contributed by atoms with van der Waals surface area (Å²) in [6.45, 7) is 0.499. The fourth-order valence-corrected chi connectivity index (χ4v) is 4.75. The number of benzene rings is 1. The van der Waals surface area contributed by atoms with E-state index in [4.69, 9.17) is 5.73 Å². The number of anilines is 1. The van der Waals surface area contributed by atoms with Gasteiger partial charge in [0.15, 0.2) is 5.82 Å². The molecular formula is C13H16BrFN2O2S. The highest BCUT2D eigenvalue weighted by atomic mass is 79.9. The molecule has 0 radical (unpaired) electrons. The fourth-order valence-electron chi connectivity index (χ4n) is 2.26. The van der Waals surface area contributed by atoms with Crippen molar-refractivity contribution in [2.24, 2.45) is 5.92 Å². The first-order valence-corrected chi connectivity index (χ1v) is 8.89. The van der Waals surface area contributed by atoms with E-state index in [1.807, 2.05) is 0 Å². The maximum atomic E-state index is 14.2. The van der Waals surface area contributed by atoms with Crippen LogP contribution in [0.1, 0.15) is 25.7 Å². The van der Waals surface area contributed by atoms with Crippen molar-refractivity contribution in [3.63, 3.8) is 0 Å². The minimum Gasteiger partial charge on any atom is -0.399 e. The minimum absolute atomic E-state index is 0.0280. The quantitative estimate of drug-likeness (QED) is 0.819. The lowest BCUT2D eigenvalue weighted by molar-refractivity contribution is 0.386. The maximum absolute atomic E-state index is 14.2. The van der Waals surface area contributed by atoms with Crippen molar-refractivity contribution in [1.82, 2.24) is 4.31 Å². The Kier molecular flexibility index (Phi) is 3.54. The van der Waals surface area contributed by atoms with Crippen LogP contribution in [-0.4, -0.2) is 25.3 Å². The van der Waals surface area contributed by atoms with Crippen molar-refractivity contribution in [1.29, 1.82) is 0 Å². The lowest BCUT2D eigenvalue weighted by Gasteiger charge is -2.22. The summed E-state index contributed by atoms with van der Waals surface area (Å²) in [5.74, 6) is -0.335. The molecule has 2 aliphatic rings. The van der Waals surface area contributed by atoms with Gasteiger partial charge < -0.3 is 5.73 Å². The highest BCUT2D eigenvalue weighted by molar-refractivity contribution is 9.10. The van der Waals surface area contributed by atoms with Crippen molar-refractivity contribution in [3.05, 3.63) is 22.4 Å². The van der Waals surface area contributed by atoms with E-state index < -0.39 is 15.8 Å². The van der Waals surface area contributed by atoms with E-state index in [9.17, 15) is 12.8 Å². The van der Waals surface area contributed by atoms with E-state index in [1.54, 1.807) is 0 Å². The molecule has 20 heavy (non-hydrogen) atoms. The first-order valence-electron chi connectivity index (χ1n) is 6.66. The number of hydrogen-bond acceptors (Lipinski definition) is 3. The third kappa shape index (κ3) is 2.71. The van der Waals surface area contributed by atoms with Gasteiger partial charge in [-0.15, -0.1) is 0 Å². The second kappa shape index (κ2) is 4.96. The van der Waals surface area contributed by atoms with E-state index in [-0.39, 0.29) is 21.1 Å². The van der Waals surface area contributed by atoms with Crippen molar-refractivity contribution in [2.45, 2.75) is 36.6 Å². The molecule has 3 rings (SSSR count). The van der Waals surface area contributed by atoms with Gasteiger partial charge in [-0.25, -0.2) is 12.8 Å². The molecule has 2 fully saturated rings. The smallest absolute Gasteiger partial charge is 0.246 e. The van der Waals surface area contributed by atoms with Crippen molar-refractivity contribution in [3.8, 4) is 0 Å². The average Bonchev–Trinajstić information content (AvgIpc) is 3.24. The molecule has 7 heteroatoms. The van der Waals surface area contributed by atoms with Gasteiger partial charge in [-0.2, -0.15) is 4.31 Å². The van der Waals surface area contributed by atoms with Crippen molar-refractivity contribution >= 4 is 31.6 Å². The Balaban J connectivity index is 2.01. The molecule has 2 aliphatic carbocycles. The summed E-state index contributed by atoms with van der Waals surface area (Å²) in [6.07, 6.45) is 3.83. The Labute approximate surface area is 126 Å². The normalized spacial score (nSPS) is 19.6. The van der Waals surface area contributed by atoms with E-state index in [0.29, 0.717) is 12.5 Å². The van der Waals surface area contributed by atoms with E-state index in [2.05, 4.69) is 15.9 Å². The molecule has 0 saturated heterocycles. The zero-order valence-electron chi connectivity index (χ0n) is 10.9. The summed E-state index contributed by atoms with van der Waals surface area (Å²) < 4.78 is 41.1. The summed E-state index contributed by atoms with van der Waals surface area (Å²) in [6, 6.07) is 2.61. The van der Waals surface area contributed by atoms with E-state index in [1.165, 1.54) is 16.4 Å². The number of nitrogens with two attached hydrogens (primary N) is 1. The summed E-state index contributed by atoms with van der Waals surface area (Å²) in [7, 11) is -3.82. The van der Waals surface area contributed by atoms with Gasteiger partial charge in [0.2, 0.25) is 10.0 Å².